The molecule has 0 saturated carbocycles. The molecule has 3 nitrogen and oxygen atoms in total. The Balaban J connectivity index is 2.10. The van der Waals surface area contributed by atoms with Crippen molar-refractivity contribution in [2.45, 2.75) is 6.54 Å². The van der Waals surface area contributed by atoms with Crippen LogP contribution in [-0.2, 0) is 6.54 Å². The third-order valence-corrected chi connectivity index (χ3v) is 3.08. The van der Waals surface area contributed by atoms with Crippen molar-refractivity contribution in [2.24, 2.45) is 0 Å². The Labute approximate surface area is 106 Å². The van der Waals surface area contributed by atoms with Gasteiger partial charge in [0.05, 0.1) is 29.4 Å². The first-order valence-electron chi connectivity index (χ1n) is 4.59. The summed E-state index contributed by atoms with van der Waals surface area (Å²) in [5, 5.41) is 14.1. The monoisotopic (exact) mass is 293 g/mol. The lowest BCUT2D eigenvalue weighted by Gasteiger charge is -2.05. The van der Waals surface area contributed by atoms with E-state index in [1.54, 1.807) is 22.9 Å². The summed E-state index contributed by atoms with van der Waals surface area (Å²) < 4.78 is 0.896. The zero-order valence-electron chi connectivity index (χ0n) is 8.27. The number of thiazole rings is 1. The van der Waals surface area contributed by atoms with Gasteiger partial charge in [-0.15, -0.1) is 11.3 Å². The highest BCUT2D eigenvalue weighted by Gasteiger charge is 1.99. The van der Waals surface area contributed by atoms with E-state index in [0.717, 1.165) is 15.9 Å². The van der Waals surface area contributed by atoms with Crippen molar-refractivity contribution in [1.29, 1.82) is 5.26 Å². The highest BCUT2D eigenvalue weighted by molar-refractivity contribution is 9.10. The normalized spacial score (nSPS) is 9.75. The van der Waals surface area contributed by atoms with E-state index in [4.69, 9.17) is 5.26 Å². The van der Waals surface area contributed by atoms with E-state index in [1.165, 1.54) is 0 Å². The molecular weight excluding hydrogens is 286 g/mol. The quantitative estimate of drug-likeness (QED) is 0.944. The fraction of sp³-hybridized carbons (Fsp3) is 0.0909. The third-order valence-electron chi connectivity index (χ3n) is 1.98. The number of nitrogens with one attached hydrogen (secondary N) is 1. The number of anilines is 1. The van der Waals surface area contributed by atoms with Crippen LogP contribution >= 0.6 is 27.3 Å². The fourth-order valence-electron chi connectivity index (χ4n) is 1.27. The summed E-state index contributed by atoms with van der Waals surface area (Å²) in [4.78, 5) is 4.18. The van der Waals surface area contributed by atoms with Crippen LogP contribution in [0.4, 0.5) is 5.69 Å². The van der Waals surface area contributed by atoms with Gasteiger partial charge in [0.25, 0.3) is 0 Å². The van der Waals surface area contributed by atoms with Crippen LogP contribution in [0.3, 0.4) is 0 Å². The summed E-state index contributed by atoms with van der Waals surface area (Å²) in [6.07, 6.45) is 0. The van der Waals surface area contributed by atoms with Crippen LogP contribution in [0.25, 0.3) is 0 Å². The lowest BCUT2D eigenvalue weighted by atomic mass is 10.2. The van der Waals surface area contributed by atoms with Crippen LogP contribution in [0.5, 0.6) is 0 Å². The molecule has 0 aliphatic carbocycles. The highest BCUT2D eigenvalue weighted by Crippen LogP contribution is 2.19. The molecule has 0 amide bonds. The van der Waals surface area contributed by atoms with Crippen molar-refractivity contribution in [3.8, 4) is 6.07 Å². The van der Waals surface area contributed by atoms with Crippen molar-refractivity contribution < 1.29 is 0 Å². The van der Waals surface area contributed by atoms with E-state index in [2.05, 4.69) is 32.3 Å². The van der Waals surface area contributed by atoms with Gasteiger partial charge in [-0.3, -0.25) is 0 Å². The first-order chi connectivity index (χ1) is 7.78. The van der Waals surface area contributed by atoms with E-state index < -0.39 is 0 Å². The average molecular weight is 294 g/mol. The Bertz CT molecular complexity index is 517. The lowest BCUT2D eigenvalue weighted by molar-refractivity contribution is 1.07. The van der Waals surface area contributed by atoms with Crippen LogP contribution in [0, 0.1) is 11.3 Å². The van der Waals surface area contributed by atoms with Gasteiger partial charge < -0.3 is 5.32 Å². The number of aromatic nitrogens is 1. The number of nitrogens with zero attached hydrogens (tertiary/aromatic N) is 2. The van der Waals surface area contributed by atoms with Crippen LogP contribution < -0.4 is 5.32 Å². The summed E-state index contributed by atoms with van der Waals surface area (Å²) in [7, 11) is 0. The number of halogens is 1. The van der Waals surface area contributed by atoms with Gasteiger partial charge in [-0.1, -0.05) is 15.9 Å². The van der Waals surface area contributed by atoms with E-state index in [-0.39, 0.29) is 0 Å². The molecule has 0 aliphatic rings. The van der Waals surface area contributed by atoms with Crippen LogP contribution in [0.1, 0.15) is 11.3 Å². The molecule has 1 aromatic carbocycles. The first-order valence-corrected chi connectivity index (χ1v) is 6.33. The molecule has 0 radical (unpaired) electrons. The van der Waals surface area contributed by atoms with Crippen molar-refractivity contribution in [1.82, 2.24) is 4.98 Å². The second-order valence-corrected chi connectivity index (χ2v) is 4.81. The number of benzene rings is 1. The minimum absolute atomic E-state index is 0.634. The topological polar surface area (TPSA) is 48.7 Å². The smallest absolute Gasteiger partial charge is 0.0992 e. The number of hydrogen-bond donors (Lipinski definition) is 1. The number of nitriles is 1. The van der Waals surface area contributed by atoms with Gasteiger partial charge in [0.2, 0.25) is 0 Å². The summed E-state index contributed by atoms with van der Waals surface area (Å²) in [5.41, 5.74) is 4.36. The molecule has 0 atom stereocenters. The van der Waals surface area contributed by atoms with E-state index in [0.29, 0.717) is 12.1 Å². The molecule has 0 saturated heterocycles. The Hall–Kier alpha value is -1.38. The largest absolute Gasteiger partial charge is 0.379 e. The molecule has 0 aliphatic heterocycles. The van der Waals surface area contributed by atoms with Crippen molar-refractivity contribution in [3.63, 3.8) is 0 Å². The molecule has 80 valence electrons. The second-order valence-electron chi connectivity index (χ2n) is 3.17. The Kier molecular flexibility index (Phi) is 3.54. The Morgan fingerprint density at radius 1 is 1.44 bits per heavy atom. The van der Waals surface area contributed by atoms with Crippen LogP contribution in [0.2, 0.25) is 0 Å². The predicted octanol–water partition coefficient (Wildman–Crippen LogP) is 3.39. The van der Waals surface area contributed by atoms with Gasteiger partial charge in [-0.2, -0.15) is 5.26 Å². The molecule has 0 spiro atoms. The molecule has 5 heteroatoms. The third kappa shape index (κ3) is 2.81. The SMILES string of the molecule is N#Cc1cc(Br)cc(NCc2cscn2)c1. The molecule has 1 heterocycles. The van der Waals surface area contributed by atoms with Crippen molar-refractivity contribution >= 4 is 33.0 Å². The van der Waals surface area contributed by atoms with Gasteiger partial charge in [0, 0.05) is 15.5 Å². The van der Waals surface area contributed by atoms with E-state index >= 15 is 0 Å². The highest BCUT2D eigenvalue weighted by atomic mass is 79.9. The molecule has 1 N–H and O–H groups in total. The number of hydrogen-bond acceptors (Lipinski definition) is 4. The van der Waals surface area contributed by atoms with Gasteiger partial charge in [0.15, 0.2) is 0 Å². The van der Waals surface area contributed by atoms with Gasteiger partial charge in [0.1, 0.15) is 0 Å². The Morgan fingerprint density at radius 3 is 3.00 bits per heavy atom. The molecule has 0 fully saturated rings. The standard InChI is InChI=1S/C11H8BrN3S/c12-9-1-8(4-13)2-10(3-9)14-5-11-6-16-7-15-11/h1-3,6-7,14H,5H2. The zero-order chi connectivity index (χ0) is 11.4. The summed E-state index contributed by atoms with van der Waals surface area (Å²) >= 11 is 4.94. The first kappa shape index (κ1) is 11.1. The predicted molar refractivity (Wildman–Crippen MR) is 68.3 cm³/mol. The Morgan fingerprint density at radius 2 is 2.31 bits per heavy atom. The average Bonchev–Trinajstić information content (AvgIpc) is 2.78. The van der Waals surface area contributed by atoms with Gasteiger partial charge in [-0.25, -0.2) is 4.98 Å². The second kappa shape index (κ2) is 5.10. The van der Waals surface area contributed by atoms with E-state index in [1.807, 2.05) is 17.5 Å². The summed E-state index contributed by atoms with van der Waals surface area (Å²) in [6.45, 7) is 0.671. The molecule has 2 rings (SSSR count). The number of rotatable bonds is 3. The van der Waals surface area contributed by atoms with Gasteiger partial charge >= 0.3 is 0 Å². The molecule has 2 aromatic rings. The fourth-order valence-corrected chi connectivity index (χ4v) is 2.33. The van der Waals surface area contributed by atoms with E-state index in [9.17, 15) is 0 Å². The van der Waals surface area contributed by atoms with Crippen molar-refractivity contribution in [2.75, 3.05) is 5.32 Å². The summed E-state index contributed by atoms with van der Waals surface area (Å²) in [5.74, 6) is 0. The van der Waals surface area contributed by atoms with Crippen LogP contribution in [-0.4, -0.2) is 4.98 Å². The summed E-state index contributed by atoms with van der Waals surface area (Å²) in [6, 6.07) is 7.66. The molecule has 0 bridgehead atoms. The van der Waals surface area contributed by atoms with Gasteiger partial charge in [-0.05, 0) is 18.2 Å². The van der Waals surface area contributed by atoms with Crippen molar-refractivity contribution in [3.05, 3.63) is 44.8 Å². The molecule has 1 aromatic heterocycles. The minimum Gasteiger partial charge on any atom is -0.379 e. The molecule has 16 heavy (non-hydrogen) atoms. The zero-order valence-corrected chi connectivity index (χ0v) is 10.7. The maximum Gasteiger partial charge on any atom is 0.0992 e. The maximum absolute atomic E-state index is 8.83. The van der Waals surface area contributed by atoms with Crippen LogP contribution in [0.15, 0.2) is 33.6 Å². The minimum atomic E-state index is 0.634. The molecule has 0 unspecified atom stereocenters. The lowest BCUT2D eigenvalue weighted by Crippen LogP contribution is -1.99. The molecular formula is C11H8BrN3S. The maximum atomic E-state index is 8.83.